The topological polar surface area (TPSA) is 110 Å². The molecule has 1 aliphatic heterocycles. The summed E-state index contributed by atoms with van der Waals surface area (Å²) in [6, 6.07) is 11.4. The minimum Gasteiger partial charge on any atom is -0.390 e. The normalized spacial score (nSPS) is 42.9. The first-order chi connectivity index (χ1) is 19.6. The highest BCUT2D eigenvalue weighted by molar-refractivity contribution is 6.01. The van der Waals surface area contributed by atoms with Crippen molar-refractivity contribution in [3.05, 3.63) is 65.9 Å². The van der Waals surface area contributed by atoms with Crippen molar-refractivity contribution in [3.8, 4) is 6.07 Å². The third kappa shape index (κ3) is 3.49. The highest BCUT2D eigenvalue weighted by atomic mass is 19.1. The Balaban J connectivity index is 1.31. The molecule has 212 valence electrons. The number of aliphatic hydroxyl groups excluding tert-OH is 1. The fourth-order valence-electron chi connectivity index (χ4n) is 9.15. The first-order valence-corrected chi connectivity index (χ1v) is 14.4. The largest absolute Gasteiger partial charge is 0.390 e. The number of Topliss-reactive ketones (excluding diaryl/α,β-unsaturated/α-hetero) is 1. The van der Waals surface area contributed by atoms with Crippen molar-refractivity contribution in [2.24, 2.45) is 22.7 Å². The van der Waals surface area contributed by atoms with Gasteiger partial charge in [-0.2, -0.15) is 5.26 Å². The number of nitriles is 1. The maximum atomic E-state index is 17.3. The molecule has 3 saturated carbocycles. The molecule has 4 aliphatic carbocycles. The maximum Gasteiger partial charge on any atom is 0.186 e. The number of alkyl halides is 1. The smallest absolute Gasteiger partial charge is 0.186 e. The molecule has 7 rings (SSSR count). The number of rotatable bonds is 3. The van der Waals surface area contributed by atoms with Gasteiger partial charge in [-0.15, -0.1) is 0 Å². The predicted molar refractivity (Wildman–Crippen MR) is 147 cm³/mol. The quantitative estimate of drug-likeness (QED) is 0.551. The SMILES string of the molecule is CC12C=CC(=O)C=C1CCC1[C@@H]3C[C@H]4OC(c5ccnc6ccccc56)O[C@@]4(C(=O)CC#N)C3(C)CC(O)[C@]1(F)C2. The molecule has 4 fully saturated rings. The van der Waals surface area contributed by atoms with Gasteiger partial charge in [0, 0.05) is 28.0 Å². The Morgan fingerprint density at radius 1 is 1.24 bits per heavy atom. The molecule has 1 aromatic carbocycles. The van der Waals surface area contributed by atoms with Crippen molar-refractivity contribution in [2.45, 2.75) is 82.1 Å². The number of benzene rings is 1. The zero-order valence-electron chi connectivity index (χ0n) is 23.2. The monoisotopic (exact) mass is 556 g/mol. The number of aliphatic hydroxyl groups is 1. The second-order valence-corrected chi connectivity index (χ2v) is 13.0. The van der Waals surface area contributed by atoms with Gasteiger partial charge in [-0.1, -0.05) is 43.7 Å². The molecule has 1 saturated heterocycles. The summed E-state index contributed by atoms with van der Waals surface area (Å²) in [4.78, 5) is 30.6. The van der Waals surface area contributed by atoms with E-state index in [0.29, 0.717) is 19.3 Å². The first kappa shape index (κ1) is 26.6. The molecule has 9 atom stereocenters. The molecular formula is C33H33FN2O5. The number of nitrogens with zero attached hydrogens (tertiary/aromatic N) is 2. The molecule has 7 nitrogen and oxygen atoms in total. The molecule has 0 spiro atoms. The standard InChI is InChI=1S/C33H33FN2O5/c1-30-12-9-20(37)15-19(30)7-8-23-24-16-28-33(26(38)10-13-35,31(24,2)17-27(39)32(23,34)18-30)41-29(40-28)22-11-14-36-25-6-4-3-5-21(22)25/h3-6,9,11-12,14-15,23-24,27-29,39H,7-8,10,16-18H2,1-2H3/t23?,24-,27?,28+,29?,30?,31?,32-,33+/m0/s1. The Labute approximate surface area is 238 Å². The Bertz CT molecular complexity index is 1580. The highest BCUT2D eigenvalue weighted by Crippen LogP contribution is 2.70. The average molecular weight is 557 g/mol. The lowest BCUT2D eigenvalue weighted by Gasteiger charge is -2.56. The van der Waals surface area contributed by atoms with Gasteiger partial charge < -0.3 is 14.6 Å². The Hall–Kier alpha value is -3.25. The van der Waals surface area contributed by atoms with Gasteiger partial charge in [-0.3, -0.25) is 14.6 Å². The van der Waals surface area contributed by atoms with Crippen LogP contribution in [-0.4, -0.2) is 45.1 Å². The van der Waals surface area contributed by atoms with E-state index in [4.69, 9.17) is 9.47 Å². The number of aromatic nitrogens is 1. The van der Waals surface area contributed by atoms with Crippen molar-refractivity contribution < 1.29 is 28.6 Å². The second-order valence-electron chi connectivity index (χ2n) is 13.0. The summed E-state index contributed by atoms with van der Waals surface area (Å²) in [5.74, 6) is -1.40. The lowest BCUT2D eigenvalue weighted by molar-refractivity contribution is -0.213. The summed E-state index contributed by atoms with van der Waals surface area (Å²) < 4.78 is 30.6. The summed E-state index contributed by atoms with van der Waals surface area (Å²) >= 11 is 0. The maximum absolute atomic E-state index is 17.3. The average Bonchev–Trinajstić information content (AvgIpc) is 3.40. The number of para-hydroxylation sites is 1. The number of ketones is 2. The van der Waals surface area contributed by atoms with Crippen LogP contribution in [0.2, 0.25) is 0 Å². The van der Waals surface area contributed by atoms with E-state index in [-0.39, 0.29) is 36.7 Å². The van der Waals surface area contributed by atoms with Crippen molar-refractivity contribution in [2.75, 3.05) is 0 Å². The number of allylic oxidation sites excluding steroid dienone is 4. The van der Waals surface area contributed by atoms with Gasteiger partial charge in [0.25, 0.3) is 0 Å². The van der Waals surface area contributed by atoms with Crippen LogP contribution in [0, 0.1) is 34.0 Å². The number of halogens is 1. The van der Waals surface area contributed by atoms with E-state index in [0.717, 1.165) is 22.0 Å². The number of ether oxygens (including phenoxy) is 2. The molecular weight excluding hydrogens is 523 g/mol. The van der Waals surface area contributed by atoms with Crippen LogP contribution in [0.3, 0.4) is 0 Å². The van der Waals surface area contributed by atoms with Gasteiger partial charge in [0.1, 0.15) is 5.67 Å². The van der Waals surface area contributed by atoms with Gasteiger partial charge in [0.15, 0.2) is 23.5 Å². The fraction of sp³-hybridized carbons (Fsp3) is 0.515. The van der Waals surface area contributed by atoms with Gasteiger partial charge in [0.05, 0.1) is 30.2 Å². The highest BCUT2D eigenvalue weighted by Gasteiger charge is 2.77. The number of fused-ring (bicyclic) bond motifs is 7. The summed E-state index contributed by atoms with van der Waals surface area (Å²) in [7, 11) is 0. The van der Waals surface area contributed by atoms with E-state index in [9.17, 15) is 20.0 Å². The molecule has 2 aromatic rings. The molecule has 2 heterocycles. The Morgan fingerprint density at radius 2 is 2.05 bits per heavy atom. The minimum absolute atomic E-state index is 0.00325. The van der Waals surface area contributed by atoms with Gasteiger partial charge in [0.2, 0.25) is 0 Å². The molecule has 0 bridgehead atoms. The van der Waals surface area contributed by atoms with Crippen LogP contribution >= 0.6 is 0 Å². The molecule has 0 radical (unpaired) electrons. The molecule has 5 unspecified atom stereocenters. The summed E-state index contributed by atoms with van der Waals surface area (Å²) in [5, 5.41) is 22.1. The zero-order valence-corrected chi connectivity index (χ0v) is 23.2. The molecule has 1 aromatic heterocycles. The van der Waals surface area contributed by atoms with Gasteiger partial charge in [-0.25, -0.2) is 4.39 Å². The third-order valence-corrected chi connectivity index (χ3v) is 11.1. The number of carbonyl (C=O) groups is 2. The van der Waals surface area contributed by atoms with E-state index in [1.807, 2.05) is 50.2 Å². The number of carbonyl (C=O) groups excluding carboxylic acids is 2. The summed E-state index contributed by atoms with van der Waals surface area (Å²) in [6.45, 7) is 3.84. The summed E-state index contributed by atoms with van der Waals surface area (Å²) in [5.41, 5.74) is -2.69. The minimum atomic E-state index is -1.92. The van der Waals surface area contributed by atoms with E-state index < -0.39 is 46.5 Å². The van der Waals surface area contributed by atoms with Crippen molar-refractivity contribution in [3.63, 3.8) is 0 Å². The van der Waals surface area contributed by atoms with Crippen LogP contribution in [0.1, 0.15) is 64.2 Å². The van der Waals surface area contributed by atoms with Crippen molar-refractivity contribution in [1.29, 1.82) is 5.26 Å². The lowest BCUT2D eigenvalue weighted by atomic mass is 9.52. The molecule has 1 N–H and O–H groups in total. The van der Waals surface area contributed by atoms with Crippen molar-refractivity contribution >= 4 is 22.5 Å². The number of pyridine rings is 1. The molecule has 8 heteroatoms. The molecule has 41 heavy (non-hydrogen) atoms. The Morgan fingerprint density at radius 3 is 2.85 bits per heavy atom. The van der Waals surface area contributed by atoms with Gasteiger partial charge >= 0.3 is 0 Å². The van der Waals surface area contributed by atoms with Crippen molar-refractivity contribution in [1.82, 2.24) is 4.98 Å². The van der Waals surface area contributed by atoms with Crippen LogP contribution in [0.15, 0.2) is 60.3 Å². The predicted octanol–water partition coefficient (Wildman–Crippen LogP) is 5.24. The van der Waals surface area contributed by atoms with E-state index in [1.165, 1.54) is 6.08 Å². The Kier molecular flexibility index (Phi) is 5.77. The molecule has 5 aliphatic rings. The first-order valence-electron chi connectivity index (χ1n) is 14.4. The summed E-state index contributed by atoms with van der Waals surface area (Å²) in [6.07, 6.45) is 4.66. The van der Waals surface area contributed by atoms with Crippen LogP contribution in [0.4, 0.5) is 4.39 Å². The lowest BCUT2D eigenvalue weighted by Crippen LogP contribution is -2.64. The van der Waals surface area contributed by atoms with Crippen LogP contribution in [-0.2, 0) is 19.1 Å². The van der Waals surface area contributed by atoms with E-state index >= 15 is 4.39 Å². The van der Waals surface area contributed by atoms with Crippen LogP contribution in [0.5, 0.6) is 0 Å². The fourth-order valence-corrected chi connectivity index (χ4v) is 9.15. The van der Waals surface area contributed by atoms with Gasteiger partial charge in [-0.05, 0) is 68.2 Å². The van der Waals surface area contributed by atoms with E-state index in [1.54, 1.807) is 18.3 Å². The van der Waals surface area contributed by atoms with Crippen LogP contribution < -0.4 is 0 Å². The second kappa shape index (κ2) is 8.87. The molecule has 0 amide bonds. The number of hydrogen-bond acceptors (Lipinski definition) is 7. The van der Waals surface area contributed by atoms with E-state index in [2.05, 4.69) is 4.98 Å². The third-order valence-electron chi connectivity index (χ3n) is 11.1. The van der Waals surface area contributed by atoms with Crippen LogP contribution in [0.25, 0.3) is 10.9 Å². The zero-order chi connectivity index (χ0) is 28.8. The number of hydrogen-bond donors (Lipinski definition) is 1.